The second-order valence-corrected chi connectivity index (χ2v) is 10.9. The van der Waals surface area contributed by atoms with Gasteiger partial charge in [0.1, 0.15) is 30.1 Å². The molecule has 1 saturated heterocycles. The molecule has 0 atom stereocenters. The molecule has 0 spiro atoms. The van der Waals surface area contributed by atoms with Crippen LogP contribution in [0.25, 0.3) is 0 Å². The van der Waals surface area contributed by atoms with Crippen LogP contribution in [0.2, 0.25) is 0 Å². The molecule has 43 heavy (non-hydrogen) atoms. The number of piperidine rings is 1. The van der Waals surface area contributed by atoms with E-state index < -0.39 is 5.54 Å². The van der Waals surface area contributed by atoms with Crippen molar-refractivity contribution in [3.63, 3.8) is 0 Å². The number of hydrogen-bond acceptors (Lipinski definition) is 8. The number of amidine groups is 1. The summed E-state index contributed by atoms with van der Waals surface area (Å²) >= 11 is 0. The van der Waals surface area contributed by atoms with Crippen molar-refractivity contribution in [3.05, 3.63) is 89.8 Å². The number of nitrogens with one attached hydrogen (secondary N) is 1. The van der Waals surface area contributed by atoms with Crippen molar-refractivity contribution in [2.24, 2.45) is 22.3 Å². The zero-order valence-corrected chi connectivity index (χ0v) is 24.7. The summed E-state index contributed by atoms with van der Waals surface area (Å²) in [5.74, 6) is 7.10. The van der Waals surface area contributed by atoms with Gasteiger partial charge in [-0.05, 0) is 61.9 Å². The molecular formula is C32H39FN6O4. The predicted octanol–water partition coefficient (Wildman–Crippen LogP) is 4.49. The summed E-state index contributed by atoms with van der Waals surface area (Å²) in [6, 6.07) is 15.0. The van der Waals surface area contributed by atoms with Crippen LogP contribution in [0.1, 0.15) is 43.4 Å². The molecule has 1 fully saturated rings. The highest BCUT2D eigenvalue weighted by molar-refractivity contribution is 6.04. The van der Waals surface area contributed by atoms with E-state index in [0.29, 0.717) is 71.2 Å². The van der Waals surface area contributed by atoms with Crippen LogP contribution in [0.4, 0.5) is 15.8 Å². The molecule has 0 radical (unpaired) electrons. The standard InChI is InChI=1S/C32H39FN6O4/c1-5-30(40)39-13-11-22(12-14-39)43-29-17-24(27(38-36)18-28(29)41-4)31(34)37-26-10-9-23(16-25(26)32(2,3)35)42-19-20-7-6-8-21(33)15-20/h5-10,15-18,22,38H,1,11-14,19,35-36H2,2-4H3,(H2,34,37). The number of anilines is 1. The minimum atomic E-state index is -0.789. The second-order valence-electron chi connectivity index (χ2n) is 10.9. The third-order valence-electron chi connectivity index (χ3n) is 7.15. The summed E-state index contributed by atoms with van der Waals surface area (Å²) in [5.41, 5.74) is 17.9. The fourth-order valence-corrected chi connectivity index (χ4v) is 4.85. The van der Waals surface area contributed by atoms with E-state index in [2.05, 4.69) is 12.0 Å². The van der Waals surface area contributed by atoms with E-state index in [1.165, 1.54) is 18.2 Å². The lowest BCUT2D eigenvalue weighted by atomic mass is 9.93. The summed E-state index contributed by atoms with van der Waals surface area (Å²) in [7, 11) is 1.54. The maximum Gasteiger partial charge on any atom is 0.245 e. The molecule has 10 nitrogen and oxygen atoms in total. The van der Waals surface area contributed by atoms with E-state index in [9.17, 15) is 9.18 Å². The molecule has 3 aromatic rings. The highest BCUT2D eigenvalue weighted by Gasteiger charge is 2.25. The number of carbonyl (C=O) groups is 1. The molecule has 228 valence electrons. The van der Waals surface area contributed by atoms with Crippen LogP contribution >= 0.6 is 0 Å². The van der Waals surface area contributed by atoms with Crippen LogP contribution in [0, 0.1) is 5.82 Å². The molecule has 0 aliphatic carbocycles. The maximum atomic E-state index is 13.6. The first-order chi connectivity index (χ1) is 20.5. The van der Waals surface area contributed by atoms with Gasteiger partial charge < -0.3 is 36.0 Å². The number of benzene rings is 3. The minimum Gasteiger partial charge on any atom is -0.493 e. The van der Waals surface area contributed by atoms with Gasteiger partial charge in [-0.15, -0.1) is 0 Å². The molecule has 1 amide bonds. The van der Waals surface area contributed by atoms with Crippen molar-refractivity contribution in [2.75, 3.05) is 25.6 Å². The number of halogens is 1. The number of ether oxygens (including phenoxy) is 3. The Morgan fingerprint density at radius 2 is 1.91 bits per heavy atom. The zero-order valence-electron chi connectivity index (χ0n) is 24.7. The first-order valence-corrected chi connectivity index (χ1v) is 13.9. The lowest BCUT2D eigenvalue weighted by molar-refractivity contribution is -0.127. The van der Waals surface area contributed by atoms with E-state index in [4.69, 9.17) is 36.5 Å². The van der Waals surface area contributed by atoms with Crippen LogP contribution in [-0.2, 0) is 16.9 Å². The van der Waals surface area contributed by atoms with Gasteiger partial charge in [-0.3, -0.25) is 10.6 Å². The first kappa shape index (κ1) is 31.3. The molecule has 4 rings (SSSR count). The summed E-state index contributed by atoms with van der Waals surface area (Å²) in [6.07, 6.45) is 2.50. The van der Waals surface area contributed by atoms with Crippen LogP contribution in [-0.4, -0.2) is 42.9 Å². The average Bonchev–Trinajstić information content (AvgIpc) is 2.99. The number of carbonyl (C=O) groups excluding carboxylic acids is 1. The number of amides is 1. The van der Waals surface area contributed by atoms with E-state index in [-0.39, 0.29) is 30.3 Å². The molecule has 0 aromatic heterocycles. The lowest BCUT2D eigenvalue weighted by Gasteiger charge is -2.32. The number of nitrogens with zero attached hydrogens (tertiary/aromatic N) is 2. The number of nitrogens with two attached hydrogens (primary N) is 3. The van der Waals surface area contributed by atoms with Gasteiger partial charge in [0.2, 0.25) is 5.91 Å². The predicted molar refractivity (Wildman–Crippen MR) is 166 cm³/mol. The highest BCUT2D eigenvalue weighted by Crippen LogP contribution is 2.37. The first-order valence-electron chi connectivity index (χ1n) is 13.9. The maximum absolute atomic E-state index is 13.6. The topological polar surface area (TPSA) is 150 Å². The molecule has 0 saturated carbocycles. The van der Waals surface area contributed by atoms with E-state index >= 15 is 0 Å². The van der Waals surface area contributed by atoms with Gasteiger partial charge in [-0.25, -0.2) is 9.38 Å². The smallest absolute Gasteiger partial charge is 0.245 e. The molecule has 1 aliphatic rings. The molecule has 11 heteroatoms. The van der Waals surface area contributed by atoms with Gasteiger partial charge in [0.05, 0.1) is 18.5 Å². The van der Waals surface area contributed by atoms with Gasteiger partial charge >= 0.3 is 0 Å². The Labute approximate surface area is 251 Å². The van der Waals surface area contributed by atoms with Crippen molar-refractivity contribution < 1.29 is 23.4 Å². The van der Waals surface area contributed by atoms with Gasteiger partial charge in [0, 0.05) is 48.7 Å². The Bertz CT molecular complexity index is 1500. The Morgan fingerprint density at radius 1 is 1.16 bits per heavy atom. The Hall–Kier alpha value is -4.61. The lowest BCUT2D eigenvalue weighted by Crippen LogP contribution is -2.41. The fraction of sp³-hybridized carbons (Fsp3) is 0.312. The Balaban J connectivity index is 1.61. The monoisotopic (exact) mass is 590 g/mol. The molecule has 1 aliphatic heterocycles. The van der Waals surface area contributed by atoms with Crippen LogP contribution in [0.3, 0.4) is 0 Å². The molecule has 1 heterocycles. The second kappa shape index (κ2) is 13.6. The van der Waals surface area contributed by atoms with Crippen molar-refractivity contribution in [1.82, 2.24) is 4.90 Å². The summed E-state index contributed by atoms with van der Waals surface area (Å²) in [5, 5.41) is 0. The van der Waals surface area contributed by atoms with Gasteiger partial charge in [-0.1, -0.05) is 18.7 Å². The van der Waals surface area contributed by atoms with Gasteiger partial charge in [-0.2, -0.15) is 0 Å². The van der Waals surface area contributed by atoms with Crippen molar-refractivity contribution in [2.45, 2.75) is 44.9 Å². The average molecular weight is 591 g/mol. The quantitative estimate of drug-likeness (QED) is 0.0839. The molecule has 0 unspecified atom stereocenters. The van der Waals surface area contributed by atoms with Crippen molar-refractivity contribution in [1.29, 1.82) is 0 Å². The van der Waals surface area contributed by atoms with Crippen LogP contribution in [0.5, 0.6) is 17.2 Å². The number of hydrazine groups is 1. The largest absolute Gasteiger partial charge is 0.493 e. The van der Waals surface area contributed by atoms with Gasteiger partial charge in [0.25, 0.3) is 0 Å². The van der Waals surface area contributed by atoms with E-state index in [0.717, 1.165) is 0 Å². The molecule has 7 N–H and O–H groups in total. The number of methoxy groups -OCH3 is 1. The SMILES string of the molecule is C=CC(=O)N1CCC(Oc2cc(C(N)=Nc3ccc(OCc4cccc(F)c4)cc3C(C)(C)N)c(NN)cc2OC)CC1. The highest BCUT2D eigenvalue weighted by atomic mass is 19.1. The van der Waals surface area contributed by atoms with E-state index in [1.54, 1.807) is 54.5 Å². The zero-order chi connectivity index (χ0) is 31.1. The van der Waals surface area contributed by atoms with Crippen LogP contribution < -0.4 is 36.9 Å². The molecule has 3 aromatic carbocycles. The third-order valence-corrected chi connectivity index (χ3v) is 7.15. The Morgan fingerprint density at radius 3 is 2.53 bits per heavy atom. The number of aliphatic imine (C=N–C) groups is 1. The van der Waals surface area contributed by atoms with Gasteiger partial charge in [0.15, 0.2) is 11.5 Å². The Kier molecular flexibility index (Phi) is 9.89. The fourth-order valence-electron chi connectivity index (χ4n) is 4.85. The van der Waals surface area contributed by atoms with Crippen molar-refractivity contribution >= 4 is 23.1 Å². The summed E-state index contributed by atoms with van der Waals surface area (Å²) in [6.45, 7) is 8.59. The number of rotatable bonds is 11. The van der Waals surface area contributed by atoms with Crippen LogP contribution in [0.15, 0.2) is 72.2 Å². The number of likely N-dealkylation sites (tertiary alicyclic amines) is 1. The third kappa shape index (κ3) is 7.82. The van der Waals surface area contributed by atoms with E-state index in [1.807, 2.05) is 13.8 Å². The minimum absolute atomic E-state index is 0.0909. The molecule has 0 bridgehead atoms. The normalized spacial score (nSPS) is 14.3. The summed E-state index contributed by atoms with van der Waals surface area (Å²) < 4.78 is 31.4. The summed E-state index contributed by atoms with van der Waals surface area (Å²) in [4.78, 5) is 18.4. The number of hydrogen-bond donors (Lipinski definition) is 4. The molecular weight excluding hydrogens is 551 g/mol. The number of nitrogen functional groups attached to an aromatic ring is 1. The van der Waals surface area contributed by atoms with Crippen molar-refractivity contribution in [3.8, 4) is 17.2 Å².